The van der Waals surface area contributed by atoms with Gasteiger partial charge in [0.1, 0.15) is 34.0 Å². The molecule has 3 heterocycles. The number of aromatic nitrogens is 1. The molecule has 0 saturated carbocycles. The van der Waals surface area contributed by atoms with Crippen LogP contribution in [0.1, 0.15) is 38.9 Å². The Bertz CT molecular complexity index is 5700. The zero-order chi connectivity index (χ0) is 65.1. The lowest BCUT2D eigenvalue weighted by atomic mass is 9.80. The monoisotopic (exact) mass is 1300 g/mol. The molecule has 0 radical (unpaired) electrons. The van der Waals surface area contributed by atoms with Crippen LogP contribution in [0.25, 0.3) is 116 Å². The maximum atomic E-state index is 14.2. The number of rotatable bonds is 4. The third kappa shape index (κ3) is 12.0. The molecule has 0 amide bonds. The Balaban J connectivity index is 0.000000110. The van der Waals surface area contributed by atoms with Crippen molar-refractivity contribution in [2.75, 3.05) is 0 Å². The van der Waals surface area contributed by atoms with Crippen LogP contribution >= 0.6 is 15.9 Å². The Hall–Kier alpha value is -11.9. The van der Waals surface area contributed by atoms with Gasteiger partial charge in [0.2, 0.25) is 0 Å². The summed E-state index contributed by atoms with van der Waals surface area (Å²) in [6, 6.07) is 96.9. The molecule has 0 bridgehead atoms. The summed E-state index contributed by atoms with van der Waals surface area (Å²) in [5.74, 6) is -0.801. The van der Waals surface area contributed by atoms with Crippen molar-refractivity contribution in [3.8, 4) is 68.4 Å². The minimum Gasteiger partial charge on any atom is -0.456 e. The fourth-order valence-electron chi connectivity index (χ4n) is 12.8. The topological polar surface area (TPSA) is 143 Å². The van der Waals surface area contributed by atoms with E-state index in [2.05, 4.69) is 172 Å². The van der Waals surface area contributed by atoms with Crippen LogP contribution in [0, 0.1) is 45.6 Å². The van der Waals surface area contributed by atoms with E-state index < -0.39 is 18.8 Å². The van der Waals surface area contributed by atoms with Gasteiger partial charge in [0.25, 0.3) is 0 Å². The summed E-state index contributed by atoms with van der Waals surface area (Å²) in [6.07, 6.45) is 2.09. The Labute approximate surface area is 554 Å². The lowest BCUT2D eigenvalue weighted by molar-refractivity contribution is 0.426. The van der Waals surface area contributed by atoms with Gasteiger partial charge in [-0.3, -0.25) is 0 Å². The van der Waals surface area contributed by atoms with Gasteiger partial charge in [-0.2, -0.15) is 15.8 Å². The van der Waals surface area contributed by atoms with Crippen molar-refractivity contribution >= 4 is 94.2 Å². The average molecular weight is 1300 g/mol. The van der Waals surface area contributed by atoms with Crippen molar-refractivity contribution in [2.24, 2.45) is 0 Å². The van der Waals surface area contributed by atoms with Crippen LogP contribution in [0.3, 0.4) is 0 Å². The van der Waals surface area contributed by atoms with Crippen LogP contribution in [-0.4, -0.2) is 21.7 Å². The van der Waals surface area contributed by atoms with E-state index in [0.29, 0.717) is 32.2 Å². The smallest absolute Gasteiger partial charge is 0.456 e. The Kier molecular flexibility index (Phi) is 16.8. The van der Waals surface area contributed by atoms with Crippen molar-refractivity contribution in [1.82, 2.24) is 4.57 Å². The van der Waals surface area contributed by atoms with Gasteiger partial charge < -0.3 is 23.4 Å². The summed E-state index contributed by atoms with van der Waals surface area (Å²) in [7, 11) is -1.45. The molecular formula is C83H52BBrF2N4O4. The van der Waals surface area contributed by atoms with Crippen LogP contribution < -0.4 is 5.46 Å². The molecule has 8 nitrogen and oxygen atoms in total. The van der Waals surface area contributed by atoms with E-state index in [0.717, 1.165) is 90.1 Å². The SMILES string of the molecule is N#Cc1ccc(-c2ccc3c(c2)-c2ccccc2C3)c(-n2c3ccccc3c3ccccc32)c1.N#Cc1ccc(-c2ccc3oc4ccccc4c3c2)c(F)c1.N#Cc1ccc(Br)c(F)c1.OB(O)c1ccc2oc3ccccc3c2c1.c1ccc2c(c1)Cc1ccccc1-2. The highest BCUT2D eigenvalue weighted by molar-refractivity contribution is 9.10. The normalized spacial score (nSPS) is 11.3. The van der Waals surface area contributed by atoms with Crippen molar-refractivity contribution in [1.29, 1.82) is 15.8 Å². The van der Waals surface area contributed by atoms with Crippen molar-refractivity contribution in [3.63, 3.8) is 0 Å². The van der Waals surface area contributed by atoms with Gasteiger partial charge in [-0.1, -0.05) is 188 Å². The predicted molar refractivity (Wildman–Crippen MR) is 380 cm³/mol. The third-order valence-corrected chi connectivity index (χ3v) is 17.9. The Morgan fingerprint density at radius 2 is 0.779 bits per heavy atom. The van der Waals surface area contributed by atoms with E-state index in [1.807, 2.05) is 91.0 Å². The molecule has 0 unspecified atom stereocenters. The van der Waals surface area contributed by atoms with E-state index in [1.54, 1.807) is 36.4 Å². The molecule has 16 aromatic rings. The molecule has 2 aliphatic rings. The summed E-state index contributed by atoms with van der Waals surface area (Å²) in [5.41, 5.74) is 22.9. The van der Waals surface area contributed by atoms with Gasteiger partial charge >= 0.3 is 7.12 Å². The lowest BCUT2D eigenvalue weighted by Gasteiger charge is -2.15. The lowest BCUT2D eigenvalue weighted by Crippen LogP contribution is -2.29. The number of hydrogen-bond acceptors (Lipinski definition) is 7. The second-order valence-corrected chi connectivity index (χ2v) is 23.8. The largest absolute Gasteiger partial charge is 0.488 e. The van der Waals surface area contributed by atoms with Crippen LogP contribution in [-0.2, 0) is 12.8 Å². The Morgan fingerprint density at radius 3 is 1.33 bits per heavy atom. The first-order chi connectivity index (χ1) is 46.5. The van der Waals surface area contributed by atoms with Gasteiger partial charge in [-0.05, 0) is 181 Å². The molecule has 2 N–H and O–H groups in total. The summed E-state index contributed by atoms with van der Waals surface area (Å²) in [4.78, 5) is 0. The van der Waals surface area contributed by atoms with Crippen molar-refractivity contribution in [3.05, 3.63) is 334 Å². The molecule has 13 aromatic carbocycles. The molecule has 0 saturated heterocycles. The quantitative estimate of drug-likeness (QED) is 0.167. The highest BCUT2D eigenvalue weighted by Gasteiger charge is 2.22. The number of fused-ring (bicyclic) bond motifs is 15. The standard InChI is InChI=1S/C32H20N2.C19H10FNO.C13H10.C12H9BO3.C7H3BrFN/c33-20-21-13-16-26(24-15-14-23-18-22-7-1-2-8-25(22)29(23)19-24)32(17-21)34-30-11-5-3-9-27(30)28-10-4-6-12-31(28)34;20-17-9-12(11-21)5-7-14(17)13-6-8-19-16(10-13)15-3-1-2-4-18(15)22-19;1-3-7-12-10(5-1)9-11-6-2-4-8-13(11)12;14-13(15)8-5-6-12-10(7-8)9-3-1-2-4-11(9)16-12;8-6-2-1-5(4-10)3-7(6)9/h1-17,19H,18H2;1-10H;1-8H,9H2;1-7,14-15H;1-3H. The zero-order valence-electron chi connectivity index (χ0n) is 50.7. The first-order valence-electron chi connectivity index (χ1n) is 30.7. The molecule has 0 aliphatic heterocycles. The summed E-state index contributed by atoms with van der Waals surface area (Å²) < 4.78 is 40.8. The van der Waals surface area contributed by atoms with E-state index in [4.69, 9.17) is 29.4 Å². The van der Waals surface area contributed by atoms with E-state index in [9.17, 15) is 14.0 Å². The number of nitrogens with zero attached hydrogens (tertiary/aromatic N) is 4. The number of para-hydroxylation sites is 4. The molecule has 12 heteroatoms. The number of halogens is 3. The van der Waals surface area contributed by atoms with Crippen LogP contribution in [0.5, 0.6) is 0 Å². The maximum absolute atomic E-state index is 14.2. The number of benzene rings is 13. The number of hydrogen-bond donors (Lipinski definition) is 2. The summed E-state index contributed by atoms with van der Waals surface area (Å²) in [5, 5.41) is 51.4. The van der Waals surface area contributed by atoms with E-state index >= 15 is 0 Å². The minimum atomic E-state index is -1.45. The molecule has 18 rings (SSSR count). The van der Waals surface area contributed by atoms with E-state index in [1.165, 1.54) is 73.5 Å². The van der Waals surface area contributed by atoms with Gasteiger partial charge in [-0.15, -0.1) is 0 Å². The van der Waals surface area contributed by atoms with Gasteiger partial charge in [0.05, 0.1) is 56.1 Å². The van der Waals surface area contributed by atoms with Crippen LogP contribution in [0.2, 0.25) is 0 Å². The van der Waals surface area contributed by atoms with Gasteiger partial charge in [0, 0.05) is 43.4 Å². The van der Waals surface area contributed by atoms with E-state index in [-0.39, 0.29) is 0 Å². The first kappa shape index (κ1) is 60.6. The summed E-state index contributed by atoms with van der Waals surface area (Å²) >= 11 is 2.97. The molecule has 95 heavy (non-hydrogen) atoms. The molecule has 3 aromatic heterocycles. The van der Waals surface area contributed by atoms with Crippen molar-refractivity contribution < 1.29 is 27.7 Å². The molecular weight excluding hydrogens is 1250 g/mol. The second-order valence-electron chi connectivity index (χ2n) is 23.0. The molecule has 452 valence electrons. The zero-order valence-corrected chi connectivity index (χ0v) is 52.3. The number of furan rings is 2. The molecule has 0 fully saturated rings. The van der Waals surface area contributed by atoms with Gasteiger partial charge in [0.15, 0.2) is 0 Å². The maximum Gasteiger partial charge on any atom is 0.488 e. The highest BCUT2D eigenvalue weighted by Crippen LogP contribution is 2.43. The van der Waals surface area contributed by atoms with Crippen LogP contribution in [0.4, 0.5) is 8.78 Å². The molecule has 2 aliphatic carbocycles. The third-order valence-electron chi connectivity index (χ3n) is 17.3. The Morgan fingerprint density at radius 1 is 0.358 bits per heavy atom. The molecule has 0 spiro atoms. The molecule has 0 atom stereocenters. The highest BCUT2D eigenvalue weighted by atomic mass is 79.9. The van der Waals surface area contributed by atoms with Crippen LogP contribution in [0.15, 0.2) is 292 Å². The minimum absolute atomic E-state index is 0.316. The number of nitriles is 3. The second kappa shape index (κ2) is 26.3. The average Bonchev–Trinajstić information content (AvgIpc) is 1.62. The van der Waals surface area contributed by atoms with Gasteiger partial charge in [-0.25, -0.2) is 8.78 Å². The summed E-state index contributed by atoms with van der Waals surface area (Å²) in [6.45, 7) is 0. The fourth-order valence-corrected chi connectivity index (χ4v) is 13.0. The predicted octanol–water partition coefficient (Wildman–Crippen LogP) is 20.1. The fraction of sp³-hybridized carbons (Fsp3) is 0.0241. The first-order valence-corrected chi connectivity index (χ1v) is 31.5. The van der Waals surface area contributed by atoms with Crippen molar-refractivity contribution in [2.45, 2.75) is 12.8 Å².